The van der Waals surface area contributed by atoms with Crippen molar-refractivity contribution in [1.82, 2.24) is 15.6 Å². The molecule has 2 rings (SSSR count). The summed E-state index contributed by atoms with van der Waals surface area (Å²) in [6.45, 7) is 2.02. The highest BCUT2D eigenvalue weighted by Gasteiger charge is 2.48. The lowest BCUT2D eigenvalue weighted by atomic mass is 9.96. The van der Waals surface area contributed by atoms with Gasteiger partial charge in [0.2, 0.25) is 0 Å². The number of carboxylic acid groups (broad SMARTS) is 1. The smallest absolute Gasteiger partial charge is 0.329 e. The van der Waals surface area contributed by atoms with Crippen LogP contribution in [-0.2, 0) is 11.2 Å². The molecule has 1 heterocycles. The molecular formula is C14H19N3O3. The van der Waals surface area contributed by atoms with Gasteiger partial charge in [-0.2, -0.15) is 0 Å². The molecule has 0 aliphatic heterocycles. The Morgan fingerprint density at radius 1 is 1.40 bits per heavy atom. The predicted molar refractivity (Wildman–Crippen MR) is 73.2 cm³/mol. The van der Waals surface area contributed by atoms with E-state index < -0.39 is 17.5 Å². The maximum Gasteiger partial charge on any atom is 0.329 e. The summed E-state index contributed by atoms with van der Waals surface area (Å²) in [5.74, 6) is -0.949. The van der Waals surface area contributed by atoms with Gasteiger partial charge in [-0.15, -0.1) is 0 Å². The van der Waals surface area contributed by atoms with Gasteiger partial charge in [0.05, 0.1) is 0 Å². The molecule has 0 spiro atoms. The third kappa shape index (κ3) is 3.46. The molecule has 0 aromatic carbocycles. The van der Waals surface area contributed by atoms with Gasteiger partial charge in [0.1, 0.15) is 5.54 Å². The molecule has 1 saturated carbocycles. The molecule has 1 atom stereocenters. The zero-order valence-electron chi connectivity index (χ0n) is 11.4. The summed E-state index contributed by atoms with van der Waals surface area (Å²) in [5, 5.41) is 14.5. The highest BCUT2D eigenvalue weighted by atomic mass is 16.4. The van der Waals surface area contributed by atoms with E-state index in [2.05, 4.69) is 15.6 Å². The van der Waals surface area contributed by atoms with E-state index in [0.29, 0.717) is 13.0 Å². The molecule has 0 saturated heterocycles. The Morgan fingerprint density at radius 3 is 2.60 bits per heavy atom. The molecule has 3 N–H and O–H groups in total. The lowest BCUT2D eigenvalue weighted by molar-refractivity contribution is -0.144. The first-order valence-electron chi connectivity index (χ1n) is 6.70. The lowest BCUT2D eigenvalue weighted by Gasteiger charge is -2.26. The van der Waals surface area contributed by atoms with Crippen molar-refractivity contribution in [2.45, 2.75) is 31.7 Å². The predicted octanol–water partition coefficient (Wildman–Crippen LogP) is 1.18. The van der Waals surface area contributed by atoms with Crippen molar-refractivity contribution in [2.75, 3.05) is 6.54 Å². The fourth-order valence-electron chi connectivity index (χ4n) is 2.14. The van der Waals surface area contributed by atoms with Crippen LogP contribution in [0.5, 0.6) is 0 Å². The van der Waals surface area contributed by atoms with Crippen LogP contribution in [0.3, 0.4) is 0 Å². The van der Waals surface area contributed by atoms with Gasteiger partial charge in [0, 0.05) is 18.9 Å². The van der Waals surface area contributed by atoms with Gasteiger partial charge in [-0.1, -0.05) is 0 Å². The minimum Gasteiger partial charge on any atom is -0.480 e. The van der Waals surface area contributed by atoms with Gasteiger partial charge in [-0.25, -0.2) is 9.59 Å². The van der Waals surface area contributed by atoms with Crippen LogP contribution in [-0.4, -0.2) is 34.2 Å². The zero-order chi connectivity index (χ0) is 14.6. The van der Waals surface area contributed by atoms with Gasteiger partial charge in [-0.05, 0) is 49.8 Å². The second-order valence-electron chi connectivity index (χ2n) is 5.27. The molecule has 0 radical (unpaired) electrons. The minimum atomic E-state index is -1.17. The normalized spacial score (nSPS) is 17.1. The first-order valence-corrected chi connectivity index (χ1v) is 6.70. The number of carbonyl (C=O) groups is 2. The van der Waals surface area contributed by atoms with E-state index in [1.165, 1.54) is 0 Å². The Kier molecular flexibility index (Phi) is 4.22. The number of rotatable bonds is 6. The minimum absolute atomic E-state index is 0.0333. The van der Waals surface area contributed by atoms with E-state index in [4.69, 9.17) is 0 Å². The third-order valence-corrected chi connectivity index (χ3v) is 3.66. The van der Waals surface area contributed by atoms with Crippen molar-refractivity contribution < 1.29 is 14.7 Å². The second-order valence-corrected chi connectivity index (χ2v) is 5.27. The highest BCUT2D eigenvalue weighted by Crippen LogP contribution is 2.39. The topological polar surface area (TPSA) is 91.3 Å². The molecular weight excluding hydrogens is 258 g/mol. The first kappa shape index (κ1) is 14.3. The average Bonchev–Trinajstić information content (AvgIpc) is 3.24. The number of aromatic nitrogens is 1. The van der Waals surface area contributed by atoms with E-state index in [1.807, 2.05) is 12.1 Å². The number of hydrogen-bond acceptors (Lipinski definition) is 3. The molecule has 1 aliphatic rings. The summed E-state index contributed by atoms with van der Waals surface area (Å²) in [5.41, 5.74) is -0.0932. The number of nitrogens with one attached hydrogen (secondary N) is 2. The number of nitrogens with zero attached hydrogens (tertiary/aromatic N) is 1. The first-order chi connectivity index (χ1) is 9.52. The molecule has 0 bridgehead atoms. The van der Waals surface area contributed by atoms with E-state index >= 15 is 0 Å². The van der Waals surface area contributed by atoms with E-state index in [9.17, 15) is 14.7 Å². The number of carbonyl (C=O) groups excluding carboxylic acids is 1. The van der Waals surface area contributed by atoms with Crippen LogP contribution < -0.4 is 10.6 Å². The molecule has 1 unspecified atom stereocenters. The van der Waals surface area contributed by atoms with Crippen molar-refractivity contribution in [1.29, 1.82) is 0 Å². The maximum atomic E-state index is 11.8. The molecule has 6 heteroatoms. The number of amides is 2. The number of pyridine rings is 1. The number of urea groups is 1. The largest absolute Gasteiger partial charge is 0.480 e. The van der Waals surface area contributed by atoms with Gasteiger partial charge < -0.3 is 15.7 Å². The van der Waals surface area contributed by atoms with Gasteiger partial charge >= 0.3 is 12.0 Å². The van der Waals surface area contributed by atoms with E-state index in [0.717, 1.165) is 18.4 Å². The van der Waals surface area contributed by atoms with Gasteiger partial charge in [0.25, 0.3) is 0 Å². The van der Waals surface area contributed by atoms with Crippen LogP contribution >= 0.6 is 0 Å². The summed E-state index contributed by atoms with van der Waals surface area (Å²) >= 11 is 0. The molecule has 108 valence electrons. The number of carboxylic acids is 1. The standard InChI is InChI=1S/C14H19N3O3/c1-14(12(18)19,11-2-3-11)17-13(20)16-9-6-10-4-7-15-8-5-10/h4-5,7-8,11H,2-3,6,9H2,1H3,(H,18,19)(H2,16,17,20). The zero-order valence-corrected chi connectivity index (χ0v) is 11.4. The van der Waals surface area contributed by atoms with Gasteiger partial charge in [-0.3, -0.25) is 4.98 Å². The van der Waals surface area contributed by atoms with Crippen LogP contribution in [0.1, 0.15) is 25.3 Å². The average molecular weight is 277 g/mol. The van der Waals surface area contributed by atoms with E-state index in [-0.39, 0.29) is 5.92 Å². The van der Waals surface area contributed by atoms with Gasteiger partial charge in [0.15, 0.2) is 0 Å². The summed E-state index contributed by atoms with van der Waals surface area (Å²) in [6.07, 6.45) is 5.78. The Morgan fingerprint density at radius 2 is 2.05 bits per heavy atom. The fourth-order valence-corrected chi connectivity index (χ4v) is 2.14. The Balaban J connectivity index is 1.79. The van der Waals surface area contributed by atoms with Crippen molar-refractivity contribution in [2.24, 2.45) is 5.92 Å². The molecule has 1 aromatic heterocycles. The quantitative estimate of drug-likeness (QED) is 0.728. The maximum absolute atomic E-state index is 11.8. The van der Waals surface area contributed by atoms with Crippen molar-refractivity contribution in [3.8, 4) is 0 Å². The fraction of sp³-hybridized carbons (Fsp3) is 0.500. The molecule has 20 heavy (non-hydrogen) atoms. The molecule has 1 aliphatic carbocycles. The number of hydrogen-bond donors (Lipinski definition) is 3. The molecule has 2 amide bonds. The lowest BCUT2D eigenvalue weighted by Crippen LogP contribution is -2.56. The van der Waals surface area contributed by atoms with Crippen LogP contribution in [0.25, 0.3) is 0 Å². The van der Waals surface area contributed by atoms with Crippen LogP contribution in [0.2, 0.25) is 0 Å². The van der Waals surface area contributed by atoms with Crippen LogP contribution in [0.4, 0.5) is 4.79 Å². The third-order valence-electron chi connectivity index (χ3n) is 3.66. The SMILES string of the molecule is CC(NC(=O)NCCc1ccncc1)(C(=O)O)C1CC1. The van der Waals surface area contributed by atoms with Crippen molar-refractivity contribution in [3.05, 3.63) is 30.1 Å². The van der Waals surface area contributed by atoms with Crippen LogP contribution in [0.15, 0.2) is 24.5 Å². The Hall–Kier alpha value is -2.11. The molecule has 6 nitrogen and oxygen atoms in total. The summed E-state index contributed by atoms with van der Waals surface area (Å²) in [7, 11) is 0. The summed E-state index contributed by atoms with van der Waals surface area (Å²) < 4.78 is 0. The Labute approximate surface area is 117 Å². The molecule has 1 fully saturated rings. The van der Waals surface area contributed by atoms with Crippen LogP contribution in [0, 0.1) is 5.92 Å². The second kappa shape index (κ2) is 5.90. The van der Waals surface area contributed by atoms with E-state index in [1.54, 1.807) is 19.3 Å². The highest BCUT2D eigenvalue weighted by molar-refractivity contribution is 5.86. The number of aliphatic carboxylic acids is 1. The van der Waals surface area contributed by atoms with Crippen molar-refractivity contribution in [3.63, 3.8) is 0 Å². The molecule has 1 aromatic rings. The monoisotopic (exact) mass is 277 g/mol. The summed E-state index contributed by atoms with van der Waals surface area (Å²) in [6, 6.07) is 3.33. The van der Waals surface area contributed by atoms with Crippen molar-refractivity contribution >= 4 is 12.0 Å². The summed E-state index contributed by atoms with van der Waals surface area (Å²) in [4.78, 5) is 27.0. The Bertz CT molecular complexity index is 488.